The van der Waals surface area contributed by atoms with Crippen LogP contribution in [0, 0.1) is 17.8 Å². The van der Waals surface area contributed by atoms with E-state index < -0.39 is 35.1 Å². The van der Waals surface area contributed by atoms with E-state index in [0.29, 0.717) is 43.7 Å². The largest absolute Gasteiger partial charge is 0.494 e. The second kappa shape index (κ2) is 12.1. The van der Waals surface area contributed by atoms with Gasteiger partial charge in [-0.3, -0.25) is 14.4 Å². The zero-order chi connectivity index (χ0) is 29.2. The minimum absolute atomic E-state index is 0.0694. The van der Waals surface area contributed by atoms with E-state index >= 15 is 0 Å². The summed E-state index contributed by atoms with van der Waals surface area (Å²) in [4.78, 5) is 43.9. The standard InChI is InChI=1S/C31H47N3O6/c1-7-10-20(6)32-28(37)26-31-16-15-30(8-2,40-31)24(25(31)29(38)34(26)22(18-35)17-19(4)5)27(36)33-21-11-13-23(14-12-21)39-9-3/h11-14,19-20,22,24-26,35H,7-10,15-18H2,1-6H3,(H,32,37)(H,33,36)/t20?,22-,24+,25+,26?,30-,31?/m1/s1. The van der Waals surface area contributed by atoms with Crippen LogP contribution in [0.3, 0.4) is 0 Å². The van der Waals surface area contributed by atoms with Gasteiger partial charge in [0.1, 0.15) is 17.4 Å². The Hall–Kier alpha value is -2.65. The fourth-order valence-corrected chi connectivity index (χ4v) is 7.42. The summed E-state index contributed by atoms with van der Waals surface area (Å²) in [5.41, 5.74) is -1.34. The molecular weight excluding hydrogens is 510 g/mol. The number of ether oxygens (including phenoxy) is 2. The van der Waals surface area contributed by atoms with Crippen molar-refractivity contribution < 1.29 is 29.0 Å². The van der Waals surface area contributed by atoms with Crippen LogP contribution in [0.1, 0.15) is 80.1 Å². The number of carbonyl (C=O) groups excluding carboxylic acids is 3. The quantitative estimate of drug-likeness (QED) is 0.339. The predicted molar refractivity (Wildman–Crippen MR) is 153 cm³/mol. The molecule has 3 fully saturated rings. The lowest BCUT2D eigenvalue weighted by molar-refractivity contribution is -0.150. The number of rotatable bonds is 13. The highest BCUT2D eigenvalue weighted by Crippen LogP contribution is 2.64. The van der Waals surface area contributed by atoms with Crippen molar-refractivity contribution in [2.45, 2.75) is 109 Å². The summed E-state index contributed by atoms with van der Waals surface area (Å²) < 4.78 is 12.4. The number of fused-ring (bicyclic) bond motifs is 1. The zero-order valence-electron chi connectivity index (χ0n) is 24.9. The van der Waals surface area contributed by atoms with Crippen molar-refractivity contribution in [3.8, 4) is 5.75 Å². The monoisotopic (exact) mass is 557 g/mol. The third-order valence-corrected chi connectivity index (χ3v) is 9.04. The minimum atomic E-state index is -1.12. The van der Waals surface area contributed by atoms with Crippen molar-refractivity contribution >= 4 is 23.4 Å². The molecule has 40 heavy (non-hydrogen) atoms. The number of amides is 3. The molecule has 0 aliphatic carbocycles. The molecule has 0 radical (unpaired) electrons. The summed E-state index contributed by atoms with van der Waals surface area (Å²) in [5.74, 6) is -1.47. The van der Waals surface area contributed by atoms with Gasteiger partial charge in [0.05, 0.1) is 36.7 Å². The van der Waals surface area contributed by atoms with E-state index in [1.807, 2.05) is 34.6 Å². The molecule has 1 aromatic carbocycles. The van der Waals surface area contributed by atoms with Crippen molar-refractivity contribution in [1.82, 2.24) is 10.2 Å². The Kier molecular flexibility index (Phi) is 9.15. The zero-order valence-corrected chi connectivity index (χ0v) is 24.9. The van der Waals surface area contributed by atoms with Gasteiger partial charge in [-0.1, -0.05) is 34.1 Å². The normalized spacial score (nSPS) is 30.4. The number of nitrogens with zero attached hydrogens (tertiary/aromatic N) is 1. The SMILES string of the molecule is CCCC(C)NC(=O)C1N([C@@H](CO)CC(C)C)C(=O)[C@@H]2[C@@H](C(=O)Nc3ccc(OCC)cc3)[C@@]3(CC)CCC12O3. The topological polar surface area (TPSA) is 117 Å². The van der Waals surface area contributed by atoms with E-state index in [2.05, 4.69) is 17.6 Å². The molecule has 3 unspecified atom stereocenters. The van der Waals surface area contributed by atoms with Crippen LogP contribution in [0.25, 0.3) is 0 Å². The predicted octanol–water partition coefficient (Wildman–Crippen LogP) is 3.89. The van der Waals surface area contributed by atoms with Crippen LogP contribution >= 0.6 is 0 Å². The van der Waals surface area contributed by atoms with Gasteiger partial charge < -0.3 is 30.1 Å². The number of anilines is 1. The smallest absolute Gasteiger partial charge is 0.246 e. The van der Waals surface area contributed by atoms with E-state index in [1.54, 1.807) is 29.2 Å². The van der Waals surface area contributed by atoms with Gasteiger partial charge in [0.15, 0.2) is 0 Å². The Morgan fingerprint density at radius 3 is 2.40 bits per heavy atom. The molecule has 3 amide bonds. The average molecular weight is 558 g/mol. The minimum Gasteiger partial charge on any atom is -0.494 e. The Morgan fingerprint density at radius 2 is 1.82 bits per heavy atom. The first-order chi connectivity index (χ1) is 19.1. The number of likely N-dealkylation sites (tertiary alicyclic amines) is 1. The number of aliphatic hydroxyl groups is 1. The molecular formula is C31H47N3O6. The Balaban J connectivity index is 1.72. The van der Waals surface area contributed by atoms with Crippen molar-refractivity contribution in [1.29, 1.82) is 0 Å². The molecule has 3 saturated heterocycles. The molecule has 3 heterocycles. The molecule has 3 aliphatic heterocycles. The Labute approximate surface area is 238 Å². The fraction of sp³-hybridized carbons (Fsp3) is 0.710. The Morgan fingerprint density at radius 1 is 1.12 bits per heavy atom. The summed E-state index contributed by atoms with van der Waals surface area (Å²) >= 11 is 0. The van der Waals surface area contributed by atoms with Crippen LogP contribution in [-0.4, -0.2) is 70.3 Å². The number of benzene rings is 1. The molecule has 222 valence electrons. The molecule has 1 aromatic rings. The molecule has 0 aromatic heterocycles. The van der Waals surface area contributed by atoms with Crippen molar-refractivity contribution in [2.24, 2.45) is 17.8 Å². The van der Waals surface area contributed by atoms with Crippen LogP contribution in [0.15, 0.2) is 24.3 Å². The molecule has 0 saturated carbocycles. The second-order valence-corrected chi connectivity index (χ2v) is 12.2. The first-order valence-electron chi connectivity index (χ1n) is 15.0. The van der Waals surface area contributed by atoms with Gasteiger partial charge in [0.2, 0.25) is 17.7 Å². The van der Waals surface area contributed by atoms with Crippen molar-refractivity contribution in [3.63, 3.8) is 0 Å². The summed E-state index contributed by atoms with van der Waals surface area (Å²) in [6, 6.07) is 5.64. The highest BCUT2D eigenvalue weighted by Gasteiger charge is 2.79. The number of aliphatic hydroxyl groups excluding tert-OH is 1. The average Bonchev–Trinajstić information content (AvgIpc) is 3.52. The number of nitrogens with one attached hydrogen (secondary N) is 2. The van der Waals surface area contributed by atoms with Gasteiger partial charge in [-0.25, -0.2) is 0 Å². The van der Waals surface area contributed by atoms with E-state index in [0.717, 1.165) is 12.8 Å². The van der Waals surface area contributed by atoms with Crippen molar-refractivity contribution in [2.75, 3.05) is 18.5 Å². The Bertz CT molecular complexity index is 1080. The summed E-state index contributed by atoms with van der Waals surface area (Å²) in [6.07, 6.45) is 3.92. The van der Waals surface area contributed by atoms with Crippen molar-refractivity contribution in [3.05, 3.63) is 24.3 Å². The lowest BCUT2D eigenvalue weighted by Crippen LogP contribution is -2.59. The van der Waals surface area contributed by atoms with Crippen LogP contribution in [-0.2, 0) is 19.1 Å². The molecule has 3 N–H and O–H groups in total. The first-order valence-corrected chi connectivity index (χ1v) is 15.0. The molecule has 4 rings (SSSR count). The molecule has 7 atom stereocenters. The van der Waals surface area contributed by atoms with E-state index in [-0.39, 0.29) is 36.3 Å². The maximum atomic E-state index is 14.4. The fourth-order valence-electron chi connectivity index (χ4n) is 7.42. The van der Waals surface area contributed by atoms with Gasteiger partial charge >= 0.3 is 0 Å². The maximum Gasteiger partial charge on any atom is 0.246 e. The van der Waals surface area contributed by atoms with E-state index in [1.165, 1.54) is 0 Å². The number of carbonyl (C=O) groups is 3. The van der Waals surface area contributed by atoms with Gasteiger partial charge in [0, 0.05) is 11.7 Å². The van der Waals surface area contributed by atoms with Crippen LogP contribution in [0.4, 0.5) is 5.69 Å². The van der Waals surface area contributed by atoms with Gasteiger partial charge in [0.25, 0.3) is 0 Å². The third kappa shape index (κ3) is 5.22. The van der Waals surface area contributed by atoms with Gasteiger partial charge in [-0.15, -0.1) is 0 Å². The van der Waals surface area contributed by atoms with E-state index in [4.69, 9.17) is 9.47 Å². The highest BCUT2D eigenvalue weighted by atomic mass is 16.5. The number of hydrogen-bond donors (Lipinski definition) is 3. The second-order valence-electron chi connectivity index (χ2n) is 12.2. The maximum absolute atomic E-state index is 14.4. The molecule has 9 heteroatoms. The third-order valence-electron chi connectivity index (χ3n) is 9.04. The molecule has 2 bridgehead atoms. The number of hydrogen-bond acceptors (Lipinski definition) is 6. The van der Waals surface area contributed by atoms with Crippen LogP contribution in [0.2, 0.25) is 0 Å². The highest BCUT2D eigenvalue weighted by molar-refractivity contribution is 6.02. The lowest BCUT2D eigenvalue weighted by atomic mass is 9.65. The van der Waals surface area contributed by atoms with Gasteiger partial charge in [-0.2, -0.15) is 0 Å². The van der Waals surface area contributed by atoms with Gasteiger partial charge in [-0.05, 0) is 76.1 Å². The first kappa shape index (κ1) is 30.3. The van der Waals surface area contributed by atoms with Crippen LogP contribution < -0.4 is 15.4 Å². The lowest BCUT2D eigenvalue weighted by Gasteiger charge is -2.38. The summed E-state index contributed by atoms with van der Waals surface area (Å²) in [6.45, 7) is 12.3. The summed E-state index contributed by atoms with van der Waals surface area (Å²) in [7, 11) is 0. The van der Waals surface area contributed by atoms with Crippen LogP contribution in [0.5, 0.6) is 5.75 Å². The summed E-state index contributed by atoms with van der Waals surface area (Å²) in [5, 5.41) is 16.6. The molecule has 1 spiro atoms. The molecule has 9 nitrogen and oxygen atoms in total. The van der Waals surface area contributed by atoms with E-state index in [9.17, 15) is 19.5 Å². The molecule has 3 aliphatic rings.